The molecule has 8 nitrogen and oxygen atoms in total. The van der Waals surface area contributed by atoms with Crippen molar-refractivity contribution in [2.45, 2.75) is 12.7 Å². The van der Waals surface area contributed by atoms with E-state index in [1.807, 2.05) is 11.9 Å². The molecule has 5 rings (SSSR count). The zero-order valence-corrected chi connectivity index (χ0v) is 20.5. The van der Waals surface area contributed by atoms with Gasteiger partial charge in [0.25, 0.3) is 5.91 Å². The van der Waals surface area contributed by atoms with Gasteiger partial charge in [0.15, 0.2) is 5.65 Å². The van der Waals surface area contributed by atoms with Crippen LogP contribution in [0.3, 0.4) is 0 Å². The number of halogens is 3. The Bertz CT molecular complexity index is 1530. The van der Waals surface area contributed by atoms with Crippen molar-refractivity contribution in [3.63, 3.8) is 0 Å². The summed E-state index contributed by atoms with van der Waals surface area (Å²) in [7, 11) is 1.99. The first kappa shape index (κ1) is 25.4. The molecule has 38 heavy (non-hydrogen) atoms. The normalized spacial score (nSPS) is 14.7. The summed E-state index contributed by atoms with van der Waals surface area (Å²) < 4.78 is 43.2. The van der Waals surface area contributed by atoms with Crippen molar-refractivity contribution in [1.29, 1.82) is 0 Å². The maximum Gasteiger partial charge on any atom is 0.416 e. The first-order valence-electron chi connectivity index (χ1n) is 12.0. The summed E-state index contributed by atoms with van der Waals surface area (Å²) in [6.07, 6.45) is -2.95. The van der Waals surface area contributed by atoms with Gasteiger partial charge in [-0.2, -0.15) is 22.8 Å². The molecule has 2 aromatic carbocycles. The molecule has 0 unspecified atom stereocenters. The van der Waals surface area contributed by atoms with Crippen molar-refractivity contribution >= 4 is 17.2 Å². The Hall–Kier alpha value is -4.27. The van der Waals surface area contributed by atoms with E-state index in [0.29, 0.717) is 30.1 Å². The Labute approximate surface area is 217 Å². The molecule has 11 heteroatoms. The molecule has 1 fully saturated rings. The summed E-state index contributed by atoms with van der Waals surface area (Å²) in [5.41, 5.74) is 0.857. The third-order valence-corrected chi connectivity index (χ3v) is 6.28. The number of hydrogen-bond acceptors (Lipinski definition) is 6. The van der Waals surface area contributed by atoms with Crippen LogP contribution in [0.1, 0.15) is 32.9 Å². The SMILES string of the molecule is CN1CCN(Cc2ccc(NC(=O)c3cccc(C#Cc4nnc5cccnn45)c3)cc2C(F)(F)F)CC1. The van der Waals surface area contributed by atoms with Crippen LogP contribution in [0.2, 0.25) is 0 Å². The molecule has 1 amide bonds. The van der Waals surface area contributed by atoms with Crippen LogP contribution < -0.4 is 5.32 Å². The lowest BCUT2D eigenvalue weighted by Crippen LogP contribution is -2.44. The molecule has 0 saturated carbocycles. The van der Waals surface area contributed by atoms with Gasteiger partial charge in [-0.05, 0) is 61.0 Å². The van der Waals surface area contributed by atoms with Gasteiger partial charge in [0.05, 0.1) is 5.56 Å². The molecule has 0 aliphatic carbocycles. The van der Waals surface area contributed by atoms with E-state index in [0.717, 1.165) is 19.2 Å². The van der Waals surface area contributed by atoms with Gasteiger partial charge in [-0.25, -0.2) is 0 Å². The van der Waals surface area contributed by atoms with Crippen LogP contribution in [0.25, 0.3) is 5.65 Å². The number of hydrogen-bond donors (Lipinski definition) is 1. The molecular weight excluding hydrogens is 495 g/mol. The van der Waals surface area contributed by atoms with E-state index < -0.39 is 17.6 Å². The number of alkyl halides is 3. The second-order valence-corrected chi connectivity index (χ2v) is 9.05. The summed E-state index contributed by atoms with van der Waals surface area (Å²) >= 11 is 0. The number of rotatable bonds is 4. The topological polar surface area (TPSA) is 78.7 Å². The summed E-state index contributed by atoms with van der Waals surface area (Å²) in [4.78, 5) is 17.0. The van der Waals surface area contributed by atoms with Crippen molar-refractivity contribution in [1.82, 2.24) is 29.6 Å². The Morgan fingerprint density at radius 2 is 1.82 bits per heavy atom. The largest absolute Gasteiger partial charge is 0.416 e. The van der Waals surface area contributed by atoms with Crippen LogP contribution in [0.4, 0.5) is 18.9 Å². The van der Waals surface area contributed by atoms with E-state index in [1.165, 1.54) is 16.6 Å². The lowest BCUT2D eigenvalue weighted by molar-refractivity contribution is -0.138. The summed E-state index contributed by atoms with van der Waals surface area (Å²) in [6, 6.07) is 13.9. The van der Waals surface area contributed by atoms with Crippen molar-refractivity contribution < 1.29 is 18.0 Å². The molecule has 194 valence electrons. The van der Waals surface area contributed by atoms with Crippen molar-refractivity contribution in [2.24, 2.45) is 0 Å². The molecule has 1 N–H and O–H groups in total. The number of aromatic nitrogens is 4. The quantitative estimate of drug-likeness (QED) is 0.416. The van der Waals surface area contributed by atoms with Gasteiger partial charge in [-0.3, -0.25) is 9.69 Å². The van der Waals surface area contributed by atoms with Gasteiger partial charge < -0.3 is 10.2 Å². The van der Waals surface area contributed by atoms with Crippen LogP contribution in [0.5, 0.6) is 0 Å². The molecule has 0 radical (unpaired) electrons. The molecule has 0 spiro atoms. The highest BCUT2D eigenvalue weighted by molar-refractivity contribution is 6.04. The Morgan fingerprint density at radius 1 is 1.00 bits per heavy atom. The number of carbonyl (C=O) groups excluding carboxylic acids is 1. The standard InChI is InChI=1S/C27H24F3N7O/c1-35-12-14-36(15-13-35)18-21-8-9-22(17-23(21)27(28,29)30)32-26(38)20-5-2-4-19(16-20)7-10-25-34-33-24-6-3-11-31-37(24)25/h2-6,8-9,11,16-17H,12-15,18H2,1H3,(H,32,38). The second kappa shape index (κ2) is 10.6. The third kappa shape index (κ3) is 5.82. The zero-order chi connectivity index (χ0) is 26.7. The second-order valence-electron chi connectivity index (χ2n) is 9.05. The molecule has 0 bridgehead atoms. The molecule has 2 aromatic heterocycles. The number of amides is 1. The number of nitrogens with zero attached hydrogens (tertiary/aromatic N) is 6. The highest BCUT2D eigenvalue weighted by Gasteiger charge is 2.34. The molecule has 1 aliphatic rings. The Morgan fingerprint density at radius 3 is 2.61 bits per heavy atom. The number of piperazine rings is 1. The fourth-order valence-corrected chi connectivity index (χ4v) is 4.19. The number of likely N-dealkylation sites (N-methyl/N-ethyl adjacent to an activating group) is 1. The minimum atomic E-state index is -4.54. The van der Waals surface area contributed by atoms with Gasteiger partial charge in [-0.1, -0.05) is 18.1 Å². The highest BCUT2D eigenvalue weighted by atomic mass is 19.4. The third-order valence-electron chi connectivity index (χ3n) is 6.28. The maximum atomic E-state index is 13.9. The molecule has 3 heterocycles. The average molecular weight is 520 g/mol. The van der Waals surface area contributed by atoms with E-state index in [9.17, 15) is 18.0 Å². The van der Waals surface area contributed by atoms with Gasteiger partial charge >= 0.3 is 6.18 Å². The Balaban J connectivity index is 1.32. The number of nitrogens with one attached hydrogen (secondary N) is 1. The van der Waals surface area contributed by atoms with E-state index in [1.54, 1.807) is 42.6 Å². The molecule has 1 aliphatic heterocycles. The predicted molar refractivity (Wildman–Crippen MR) is 135 cm³/mol. The number of anilines is 1. The molecule has 1 saturated heterocycles. The average Bonchev–Trinajstić information content (AvgIpc) is 3.32. The Kier molecular flexibility index (Phi) is 7.09. The van der Waals surface area contributed by atoms with Gasteiger partial charge in [0.1, 0.15) is 0 Å². The fraction of sp³-hybridized carbons (Fsp3) is 0.259. The first-order valence-corrected chi connectivity index (χ1v) is 12.0. The van der Waals surface area contributed by atoms with Crippen LogP contribution >= 0.6 is 0 Å². The molecular formula is C27H24F3N7O. The first-order chi connectivity index (χ1) is 18.3. The molecule has 4 aromatic rings. The summed E-state index contributed by atoms with van der Waals surface area (Å²) in [6.45, 7) is 3.23. The van der Waals surface area contributed by atoms with Crippen LogP contribution in [-0.2, 0) is 12.7 Å². The van der Waals surface area contributed by atoms with Gasteiger partial charge in [0.2, 0.25) is 5.82 Å². The fourth-order valence-electron chi connectivity index (χ4n) is 4.19. The van der Waals surface area contributed by atoms with Crippen LogP contribution in [0.15, 0.2) is 60.8 Å². The van der Waals surface area contributed by atoms with Gasteiger partial charge in [-0.15, -0.1) is 10.2 Å². The van der Waals surface area contributed by atoms with E-state index in [-0.39, 0.29) is 23.4 Å². The minimum absolute atomic E-state index is 0.0712. The molecule has 0 atom stereocenters. The lowest BCUT2D eigenvalue weighted by atomic mass is 10.0. The number of fused-ring (bicyclic) bond motifs is 1. The van der Waals surface area contributed by atoms with E-state index >= 15 is 0 Å². The number of carbonyl (C=O) groups is 1. The van der Waals surface area contributed by atoms with E-state index in [2.05, 4.69) is 37.4 Å². The van der Waals surface area contributed by atoms with Crippen molar-refractivity contribution in [3.05, 3.63) is 88.9 Å². The smallest absolute Gasteiger partial charge is 0.322 e. The number of benzene rings is 2. The van der Waals surface area contributed by atoms with Crippen molar-refractivity contribution in [2.75, 3.05) is 38.5 Å². The zero-order valence-electron chi connectivity index (χ0n) is 20.5. The van der Waals surface area contributed by atoms with Crippen molar-refractivity contribution in [3.8, 4) is 11.8 Å². The van der Waals surface area contributed by atoms with E-state index in [4.69, 9.17) is 0 Å². The lowest BCUT2D eigenvalue weighted by Gasteiger charge is -2.33. The van der Waals surface area contributed by atoms with Crippen LogP contribution in [0, 0.1) is 11.8 Å². The maximum absolute atomic E-state index is 13.9. The monoisotopic (exact) mass is 519 g/mol. The summed E-state index contributed by atoms with van der Waals surface area (Å²) in [5, 5.41) is 14.7. The highest BCUT2D eigenvalue weighted by Crippen LogP contribution is 2.34. The predicted octanol–water partition coefficient (Wildman–Crippen LogP) is 3.54. The van der Waals surface area contributed by atoms with Crippen LogP contribution in [-0.4, -0.2) is 68.7 Å². The minimum Gasteiger partial charge on any atom is -0.322 e. The van der Waals surface area contributed by atoms with Gasteiger partial charge in [0, 0.05) is 55.7 Å². The summed E-state index contributed by atoms with van der Waals surface area (Å²) in [5.74, 6) is 5.61.